The zero-order chi connectivity index (χ0) is 24.2. The second-order valence-corrected chi connectivity index (χ2v) is 8.58. The van der Waals surface area contributed by atoms with Crippen molar-refractivity contribution in [3.8, 4) is 5.75 Å². The van der Waals surface area contributed by atoms with Crippen LogP contribution in [0.15, 0.2) is 78.9 Å². The van der Waals surface area contributed by atoms with E-state index in [0.29, 0.717) is 36.7 Å². The Morgan fingerprint density at radius 2 is 1.47 bits per heavy atom. The molecule has 0 unspecified atom stereocenters. The van der Waals surface area contributed by atoms with Gasteiger partial charge in [-0.25, -0.2) is 0 Å². The van der Waals surface area contributed by atoms with Gasteiger partial charge in [0.2, 0.25) is 11.8 Å². The summed E-state index contributed by atoms with van der Waals surface area (Å²) in [5.41, 5.74) is 3.26. The number of ether oxygens (including phenoxy) is 1. The molecule has 34 heavy (non-hydrogen) atoms. The third kappa shape index (κ3) is 8.98. The monoisotopic (exact) mass is 459 g/mol. The second kappa shape index (κ2) is 13.0. The quantitative estimate of drug-likeness (QED) is 0.323. The fourth-order valence-electron chi connectivity index (χ4n) is 3.30. The number of aryl methyl sites for hydroxylation is 1. The van der Waals surface area contributed by atoms with Crippen LogP contribution in [-0.2, 0) is 16.0 Å². The number of hydrogen-bond donors (Lipinski definition) is 3. The summed E-state index contributed by atoms with van der Waals surface area (Å²) in [6.45, 7) is 5.06. The molecular weight excluding hydrogens is 426 g/mol. The van der Waals surface area contributed by atoms with Crippen molar-refractivity contribution in [1.29, 1.82) is 0 Å². The van der Waals surface area contributed by atoms with Crippen molar-refractivity contribution < 1.29 is 14.3 Å². The first kappa shape index (κ1) is 24.8. The number of anilines is 3. The van der Waals surface area contributed by atoms with Gasteiger partial charge in [-0.05, 0) is 54.7 Å². The highest BCUT2D eigenvalue weighted by Crippen LogP contribution is 2.19. The van der Waals surface area contributed by atoms with Crippen molar-refractivity contribution in [2.45, 2.75) is 33.1 Å². The molecule has 3 aromatic rings. The number of rotatable bonds is 12. The van der Waals surface area contributed by atoms with E-state index in [1.165, 1.54) is 0 Å². The molecule has 3 rings (SSSR count). The first-order valence-corrected chi connectivity index (χ1v) is 11.7. The van der Waals surface area contributed by atoms with Crippen LogP contribution in [0, 0.1) is 5.92 Å². The van der Waals surface area contributed by atoms with E-state index in [9.17, 15) is 9.59 Å². The van der Waals surface area contributed by atoms with Crippen LogP contribution in [0.4, 0.5) is 17.1 Å². The van der Waals surface area contributed by atoms with Gasteiger partial charge in [-0.3, -0.25) is 9.59 Å². The van der Waals surface area contributed by atoms with E-state index >= 15 is 0 Å². The minimum atomic E-state index is -0.170. The molecule has 0 radical (unpaired) electrons. The van der Waals surface area contributed by atoms with Gasteiger partial charge in [-0.1, -0.05) is 56.3 Å². The van der Waals surface area contributed by atoms with E-state index in [4.69, 9.17) is 4.74 Å². The summed E-state index contributed by atoms with van der Waals surface area (Å²) in [5.74, 6) is 1.10. The SMILES string of the molecule is CC(C)CCOc1cccc(NC(=O)CNc2cccc(NC(=O)CCc3ccccc3)c2)c1. The summed E-state index contributed by atoms with van der Waals surface area (Å²) in [5, 5.41) is 8.90. The van der Waals surface area contributed by atoms with E-state index in [0.717, 1.165) is 23.4 Å². The van der Waals surface area contributed by atoms with Crippen LogP contribution in [0.25, 0.3) is 0 Å². The van der Waals surface area contributed by atoms with Crippen molar-refractivity contribution in [3.05, 3.63) is 84.4 Å². The van der Waals surface area contributed by atoms with Gasteiger partial charge in [0.15, 0.2) is 0 Å². The lowest BCUT2D eigenvalue weighted by atomic mass is 10.1. The maximum absolute atomic E-state index is 12.4. The Morgan fingerprint density at radius 1 is 0.794 bits per heavy atom. The third-order valence-corrected chi connectivity index (χ3v) is 5.16. The van der Waals surface area contributed by atoms with E-state index in [-0.39, 0.29) is 18.4 Å². The first-order valence-electron chi connectivity index (χ1n) is 11.7. The summed E-state index contributed by atoms with van der Waals surface area (Å²) in [6, 6.07) is 24.7. The number of benzene rings is 3. The van der Waals surface area contributed by atoms with Gasteiger partial charge >= 0.3 is 0 Å². The molecule has 6 nitrogen and oxygen atoms in total. The number of nitrogens with one attached hydrogen (secondary N) is 3. The van der Waals surface area contributed by atoms with Crippen molar-refractivity contribution in [2.24, 2.45) is 5.92 Å². The van der Waals surface area contributed by atoms with Crippen LogP contribution in [0.1, 0.15) is 32.3 Å². The molecular formula is C28H33N3O3. The fraction of sp³-hybridized carbons (Fsp3) is 0.286. The van der Waals surface area contributed by atoms with E-state index < -0.39 is 0 Å². The molecule has 3 N–H and O–H groups in total. The van der Waals surface area contributed by atoms with Crippen LogP contribution in [0.3, 0.4) is 0 Å². The topological polar surface area (TPSA) is 79.5 Å². The molecule has 0 bridgehead atoms. The first-order chi connectivity index (χ1) is 16.5. The molecule has 0 saturated carbocycles. The number of carbonyl (C=O) groups is 2. The van der Waals surface area contributed by atoms with Crippen LogP contribution < -0.4 is 20.7 Å². The fourth-order valence-corrected chi connectivity index (χ4v) is 3.30. The summed E-state index contributed by atoms with van der Waals surface area (Å²) >= 11 is 0. The Hall–Kier alpha value is -3.80. The van der Waals surface area contributed by atoms with Crippen LogP contribution in [0.2, 0.25) is 0 Å². The van der Waals surface area contributed by atoms with Gasteiger partial charge in [0.1, 0.15) is 5.75 Å². The largest absolute Gasteiger partial charge is 0.494 e. The van der Waals surface area contributed by atoms with E-state index in [2.05, 4.69) is 29.8 Å². The van der Waals surface area contributed by atoms with Gasteiger partial charge in [0, 0.05) is 29.5 Å². The lowest BCUT2D eigenvalue weighted by molar-refractivity contribution is -0.116. The minimum absolute atomic E-state index is 0.0470. The zero-order valence-electron chi connectivity index (χ0n) is 19.8. The van der Waals surface area contributed by atoms with Gasteiger partial charge < -0.3 is 20.7 Å². The van der Waals surface area contributed by atoms with Gasteiger partial charge in [-0.15, -0.1) is 0 Å². The molecule has 0 saturated heterocycles. The highest BCUT2D eigenvalue weighted by atomic mass is 16.5. The van der Waals surface area contributed by atoms with Crippen molar-refractivity contribution >= 4 is 28.9 Å². The molecule has 178 valence electrons. The van der Waals surface area contributed by atoms with Crippen molar-refractivity contribution in [2.75, 3.05) is 29.1 Å². The second-order valence-electron chi connectivity index (χ2n) is 8.58. The molecule has 0 aliphatic heterocycles. The van der Waals surface area contributed by atoms with Crippen molar-refractivity contribution in [1.82, 2.24) is 0 Å². The highest BCUT2D eigenvalue weighted by molar-refractivity contribution is 5.94. The van der Waals surface area contributed by atoms with Gasteiger partial charge in [0.25, 0.3) is 0 Å². The Bertz CT molecular complexity index is 1070. The molecule has 3 aromatic carbocycles. The summed E-state index contributed by atoms with van der Waals surface area (Å²) in [4.78, 5) is 24.7. The molecule has 0 spiro atoms. The standard InChI is InChI=1S/C28H33N3O3/c1-21(2)16-17-34-26-13-7-12-25(19-26)31-28(33)20-29-23-10-6-11-24(18-23)30-27(32)15-14-22-8-4-3-5-9-22/h3-13,18-19,21,29H,14-17,20H2,1-2H3,(H,30,32)(H,31,33). The molecule has 0 aromatic heterocycles. The molecule has 0 fully saturated rings. The maximum Gasteiger partial charge on any atom is 0.243 e. The molecule has 6 heteroatoms. The maximum atomic E-state index is 12.4. The average molecular weight is 460 g/mol. The normalized spacial score (nSPS) is 10.6. The van der Waals surface area contributed by atoms with E-state index in [1.807, 2.05) is 78.9 Å². The van der Waals surface area contributed by atoms with Crippen LogP contribution in [-0.4, -0.2) is 25.0 Å². The molecule has 0 aliphatic rings. The smallest absolute Gasteiger partial charge is 0.243 e. The van der Waals surface area contributed by atoms with E-state index in [1.54, 1.807) is 0 Å². The van der Waals surface area contributed by atoms with Gasteiger partial charge in [-0.2, -0.15) is 0 Å². The molecule has 0 aliphatic carbocycles. The van der Waals surface area contributed by atoms with Crippen LogP contribution >= 0.6 is 0 Å². The van der Waals surface area contributed by atoms with Crippen LogP contribution in [0.5, 0.6) is 5.75 Å². The minimum Gasteiger partial charge on any atom is -0.494 e. The zero-order valence-corrected chi connectivity index (χ0v) is 19.8. The van der Waals surface area contributed by atoms with Gasteiger partial charge in [0.05, 0.1) is 13.2 Å². The number of hydrogen-bond acceptors (Lipinski definition) is 4. The Balaban J connectivity index is 1.44. The Labute approximate surface area is 201 Å². The third-order valence-electron chi connectivity index (χ3n) is 5.16. The Morgan fingerprint density at radius 3 is 2.24 bits per heavy atom. The summed E-state index contributed by atoms with van der Waals surface area (Å²) < 4.78 is 5.75. The molecule has 2 amide bonds. The molecule has 0 heterocycles. The summed E-state index contributed by atoms with van der Waals surface area (Å²) in [7, 11) is 0. The summed E-state index contributed by atoms with van der Waals surface area (Å²) in [6.07, 6.45) is 2.08. The number of amides is 2. The number of carbonyl (C=O) groups excluding carboxylic acids is 2. The predicted octanol–water partition coefficient (Wildman–Crippen LogP) is 5.73. The lowest BCUT2D eigenvalue weighted by Crippen LogP contribution is -2.21. The van der Waals surface area contributed by atoms with Crippen molar-refractivity contribution in [3.63, 3.8) is 0 Å². The lowest BCUT2D eigenvalue weighted by Gasteiger charge is -2.12. The highest BCUT2D eigenvalue weighted by Gasteiger charge is 2.07. The Kier molecular flexibility index (Phi) is 9.52. The predicted molar refractivity (Wildman–Crippen MR) is 138 cm³/mol. The average Bonchev–Trinajstić information content (AvgIpc) is 2.82. The molecule has 0 atom stereocenters.